The second-order valence-corrected chi connectivity index (χ2v) is 28.4. The number of carbonyl (C=O) groups is 2. The average molecular weight is 711 g/mol. The zero-order chi connectivity index (χ0) is 36.7. The van der Waals surface area contributed by atoms with Gasteiger partial charge in [-0.2, -0.15) is 0 Å². The molecule has 2 aliphatic carbocycles. The Hall–Kier alpha value is -2.17. The van der Waals surface area contributed by atoms with E-state index in [-0.39, 0.29) is 52.2 Å². The molecule has 0 saturated carbocycles. The molecule has 1 heterocycles. The quantitative estimate of drug-likeness (QED) is 0.178. The number of fused-ring (bicyclic) bond motifs is 1. The van der Waals surface area contributed by atoms with E-state index in [4.69, 9.17) is 18.3 Å². The fourth-order valence-corrected chi connectivity index (χ4v) is 9.49. The average Bonchev–Trinajstić information content (AvgIpc) is 2.95. The van der Waals surface area contributed by atoms with Gasteiger partial charge in [-0.15, -0.1) is 0 Å². The van der Waals surface area contributed by atoms with Crippen LogP contribution in [0.15, 0.2) is 48.1 Å². The first-order valence-corrected chi connectivity index (χ1v) is 24.5. The van der Waals surface area contributed by atoms with Crippen LogP contribution in [0.3, 0.4) is 0 Å². The van der Waals surface area contributed by atoms with Gasteiger partial charge >= 0.3 is 11.9 Å². The minimum Gasteiger partial charge on any atom is -0.544 e. The Labute approximate surface area is 300 Å². The molecule has 0 spiro atoms. The molecule has 6 nitrogen and oxygen atoms in total. The first kappa shape index (κ1) is 39.6. The Kier molecular flexibility index (Phi) is 11.7. The highest BCUT2D eigenvalue weighted by atomic mass is 28.4. The van der Waals surface area contributed by atoms with Crippen molar-refractivity contribution in [3.63, 3.8) is 0 Å². The van der Waals surface area contributed by atoms with Gasteiger partial charge in [0.05, 0.1) is 17.9 Å². The predicted octanol–water partition coefficient (Wildman–Crippen LogP) is 10.5. The third-order valence-electron chi connectivity index (χ3n) is 12.4. The summed E-state index contributed by atoms with van der Waals surface area (Å²) in [5.41, 5.74) is 1.37. The molecule has 0 radical (unpaired) electrons. The normalized spacial score (nSPS) is 28.3. The van der Waals surface area contributed by atoms with Crippen LogP contribution in [0, 0.1) is 23.7 Å². The lowest BCUT2D eigenvalue weighted by atomic mass is 9.65. The summed E-state index contributed by atoms with van der Waals surface area (Å²) in [7, 11) is -3.98. The van der Waals surface area contributed by atoms with Crippen molar-refractivity contribution >= 4 is 28.6 Å². The molecule has 1 aromatic carbocycles. The molecular formula is C41H66O6Si2. The maximum absolute atomic E-state index is 14.1. The molecule has 0 N–H and O–H groups in total. The van der Waals surface area contributed by atoms with Crippen LogP contribution in [0.2, 0.25) is 36.3 Å². The highest BCUT2D eigenvalue weighted by molar-refractivity contribution is 6.75. The largest absolute Gasteiger partial charge is 0.544 e. The van der Waals surface area contributed by atoms with E-state index in [9.17, 15) is 9.59 Å². The van der Waals surface area contributed by atoms with Crippen molar-refractivity contribution in [2.75, 3.05) is 0 Å². The van der Waals surface area contributed by atoms with E-state index in [2.05, 4.69) is 99.8 Å². The zero-order valence-corrected chi connectivity index (χ0v) is 35.1. The Morgan fingerprint density at radius 2 is 1.49 bits per heavy atom. The van der Waals surface area contributed by atoms with Crippen molar-refractivity contribution in [1.29, 1.82) is 0 Å². The van der Waals surface area contributed by atoms with Gasteiger partial charge in [0, 0.05) is 12.3 Å². The fraction of sp³-hybridized carbons (Fsp3) is 0.707. The summed E-state index contributed by atoms with van der Waals surface area (Å²) in [4.78, 5) is 26.8. The van der Waals surface area contributed by atoms with E-state index in [1.807, 2.05) is 38.1 Å². The molecule has 49 heavy (non-hydrogen) atoms. The molecule has 274 valence electrons. The van der Waals surface area contributed by atoms with Crippen LogP contribution in [0.5, 0.6) is 5.75 Å². The first-order chi connectivity index (χ1) is 22.4. The van der Waals surface area contributed by atoms with E-state index in [1.165, 1.54) is 5.57 Å². The van der Waals surface area contributed by atoms with E-state index in [0.717, 1.165) is 37.0 Å². The zero-order valence-electron chi connectivity index (χ0n) is 33.1. The second-order valence-electron chi connectivity index (χ2n) is 18.9. The van der Waals surface area contributed by atoms with Gasteiger partial charge < -0.3 is 18.3 Å². The first-order valence-electron chi connectivity index (χ1n) is 18.7. The van der Waals surface area contributed by atoms with E-state index in [1.54, 1.807) is 0 Å². The SMILES string of the molecule is C[C@H]1C=C2C=C[C@H](C)[C@H](CC[C@@H]3C[C@@H](O[Si](C)(C)C(C)(C)C)CC(=O)O3)[C@H]2[C@@H](OC(=O)C(C)(C)c2ccc(O[Si](C)(C)C(C)(C)C)cc2)C1. The summed E-state index contributed by atoms with van der Waals surface area (Å²) < 4.78 is 25.6. The van der Waals surface area contributed by atoms with E-state index >= 15 is 0 Å². The second kappa shape index (κ2) is 14.5. The van der Waals surface area contributed by atoms with Crippen LogP contribution >= 0.6 is 0 Å². The Morgan fingerprint density at radius 3 is 2.08 bits per heavy atom. The number of esters is 2. The fourth-order valence-electron chi connectivity index (χ4n) is 7.09. The van der Waals surface area contributed by atoms with Gasteiger partial charge in [0.15, 0.2) is 8.32 Å². The van der Waals surface area contributed by atoms with Crippen LogP contribution in [-0.4, -0.2) is 46.9 Å². The summed E-state index contributed by atoms with van der Waals surface area (Å²) in [6.45, 7) is 30.8. The highest BCUT2D eigenvalue weighted by Gasteiger charge is 2.45. The third-order valence-corrected chi connectivity index (χ3v) is 21.3. The van der Waals surface area contributed by atoms with Gasteiger partial charge in [-0.25, -0.2) is 0 Å². The highest BCUT2D eigenvalue weighted by Crippen LogP contribution is 2.46. The smallest absolute Gasteiger partial charge is 0.316 e. The van der Waals surface area contributed by atoms with Crippen LogP contribution < -0.4 is 4.43 Å². The van der Waals surface area contributed by atoms with Crippen molar-refractivity contribution < 1.29 is 27.9 Å². The van der Waals surface area contributed by atoms with Crippen LogP contribution in [-0.2, 0) is 28.9 Å². The lowest BCUT2D eigenvalue weighted by molar-refractivity contribution is -0.162. The summed E-state index contributed by atoms with van der Waals surface area (Å²) in [5, 5.41) is 0.184. The Bertz CT molecular complexity index is 1390. The van der Waals surface area contributed by atoms with Crippen LogP contribution in [0.25, 0.3) is 0 Å². The number of benzene rings is 1. The van der Waals surface area contributed by atoms with Crippen LogP contribution in [0.1, 0.15) is 107 Å². The molecule has 1 aliphatic heterocycles. The number of carbonyl (C=O) groups excluding carboxylic acids is 2. The number of allylic oxidation sites excluding steroid dienone is 3. The lowest BCUT2D eigenvalue weighted by Crippen LogP contribution is -2.47. The van der Waals surface area contributed by atoms with Crippen LogP contribution in [0.4, 0.5) is 0 Å². The van der Waals surface area contributed by atoms with Crippen molar-refractivity contribution in [2.45, 2.75) is 161 Å². The molecule has 7 atom stereocenters. The maximum Gasteiger partial charge on any atom is 0.316 e. The van der Waals surface area contributed by atoms with Gasteiger partial charge in [0.1, 0.15) is 18.0 Å². The molecule has 1 saturated heterocycles. The molecule has 0 amide bonds. The van der Waals surface area contributed by atoms with Crippen molar-refractivity contribution in [3.8, 4) is 5.75 Å². The summed E-state index contributed by atoms with van der Waals surface area (Å²) >= 11 is 0. The van der Waals surface area contributed by atoms with Crippen molar-refractivity contribution in [1.82, 2.24) is 0 Å². The topological polar surface area (TPSA) is 71.1 Å². The molecule has 1 fully saturated rings. The van der Waals surface area contributed by atoms with Gasteiger partial charge in [0.25, 0.3) is 0 Å². The molecule has 1 aromatic rings. The van der Waals surface area contributed by atoms with Gasteiger partial charge in [0.2, 0.25) is 8.32 Å². The van der Waals surface area contributed by atoms with E-state index in [0.29, 0.717) is 18.3 Å². The summed E-state index contributed by atoms with van der Waals surface area (Å²) in [6, 6.07) is 8.02. The standard InChI is InChI=1S/C41H66O6Si2/c1-27-23-29-16-15-28(2)34(22-21-32-25-33(26-36(42)44-32)47-49(13,14)40(6,7)8)37(29)35(24-27)45-38(43)41(9,10)30-17-19-31(20-18-30)46-48(11,12)39(3,4)5/h15-20,23,27-28,32-35,37H,21-22,24-26H2,1-14H3/t27-,28-,32+,33+,34-,35-,37-/m0/s1. The van der Waals surface area contributed by atoms with Gasteiger partial charge in [-0.3, -0.25) is 9.59 Å². The van der Waals surface area contributed by atoms with Gasteiger partial charge in [-0.1, -0.05) is 85.8 Å². The minimum atomic E-state index is -2.01. The molecule has 0 aromatic heterocycles. The Balaban J connectivity index is 1.47. The Morgan fingerprint density at radius 1 is 0.878 bits per heavy atom. The molecule has 3 aliphatic rings. The number of hydrogen-bond donors (Lipinski definition) is 0. The molecule has 0 unspecified atom stereocenters. The number of cyclic esters (lactones) is 1. The number of ether oxygens (including phenoxy) is 2. The number of rotatable bonds is 10. The predicted molar refractivity (Wildman–Crippen MR) is 205 cm³/mol. The summed E-state index contributed by atoms with van der Waals surface area (Å²) in [5.74, 6) is 1.51. The van der Waals surface area contributed by atoms with Crippen molar-refractivity contribution in [2.24, 2.45) is 23.7 Å². The molecular weight excluding hydrogens is 645 g/mol. The van der Waals surface area contributed by atoms with E-state index < -0.39 is 22.0 Å². The lowest BCUT2D eigenvalue weighted by Gasteiger charge is -2.44. The maximum atomic E-state index is 14.1. The molecule has 0 bridgehead atoms. The monoisotopic (exact) mass is 710 g/mol. The third kappa shape index (κ3) is 9.20. The molecule has 4 rings (SSSR count). The number of hydrogen-bond acceptors (Lipinski definition) is 6. The molecule has 8 heteroatoms. The van der Waals surface area contributed by atoms with Gasteiger partial charge in [-0.05, 0) is 110 Å². The van der Waals surface area contributed by atoms with Crippen molar-refractivity contribution in [3.05, 3.63) is 53.6 Å². The summed E-state index contributed by atoms with van der Waals surface area (Å²) in [6.07, 6.45) is 9.98. The minimum absolute atomic E-state index is 0.0815.